The Labute approximate surface area is 168 Å². The van der Waals surface area contributed by atoms with Crippen LogP contribution < -0.4 is 19.5 Å². The van der Waals surface area contributed by atoms with Crippen LogP contribution in [0.5, 0.6) is 17.2 Å². The zero-order chi connectivity index (χ0) is 19.9. The van der Waals surface area contributed by atoms with Crippen LogP contribution in [0.25, 0.3) is 10.6 Å². The number of methoxy groups -OCH3 is 3. The molecule has 1 heterocycles. The second-order valence-electron chi connectivity index (χ2n) is 5.95. The van der Waals surface area contributed by atoms with Crippen LogP contribution in [0, 0.1) is 0 Å². The molecular weight excluding hydrogens is 376 g/mol. The largest absolute Gasteiger partial charge is 0.497 e. The molecule has 0 bridgehead atoms. The molecule has 0 aliphatic rings. The van der Waals surface area contributed by atoms with Crippen molar-refractivity contribution in [1.29, 1.82) is 0 Å². The maximum atomic E-state index is 12.4. The molecule has 0 aliphatic heterocycles. The summed E-state index contributed by atoms with van der Waals surface area (Å²) in [5.41, 5.74) is 2.48. The average molecular weight is 398 g/mol. The van der Waals surface area contributed by atoms with Gasteiger partial charge in [0.25, 0.3) is 5.91 Å². The van der Waals surface area contributed by atoms with Gasteiger partial charge in [0, 0.05) is 29.5 Å². The number of benzene rings is 2. The van der Waals surface area contributed by atoms with Crippen LogP contribution >= 0.6 is 11.3 Å². The molecule has 3 rings (SSSR count). The van der Waals surface area contributed by atoms with Crippen LogP contribution in [-0.4, -0.2) is 38.8 Å². The van der Waals surface area contributed by atoms with E-state index in [1.54, 1.807) is 50.9 Å². The number of rotatable bonds is 8. The molecule has 146 valence electrons. The Hall–Kier alpha value is -3.06. The van der Waals surface area contributed by atoms with Gasteiger partial charge in [-0.1, -0.05) is 12.1 Å². The van der Waals surface area contributed by atoms with Gasteiger partial charge in [0.05, 0.1) is 27.0 Å². The molecule has 0 radical (unpaired) electrons. The Bertz CT molecular complexity index is 955. The van der Waals surface area contributed by atoms with Crippen molar-refractivity contribution in [3.63, 3.8) is 0 Å². The van der Waals surface area contributed by atoms with E-state index >= 15 is 0 Å². The summed E-state index contributed by atoms with van der Waals surface area (Å²) in [7, 11) is 4.75. The second kappa shape index (κ2) is 9.23. The molecule has 1 aromatic heterocycles. The standard InChI is InChI=1S/C21H22N2O4S/c1-25-17-6-4-5-15(11-17)21-23-16(13-28-21)9-10-22-20(24)14-7-8-18(26-2)19(12-14)27-3/h4-8,11-13H,9-10H2,1-3H3,(H,22,24). The molecular formula is C21H22N2O4S. The third-order valence-corrected chi connectivity index (χ3v) is 5.12. The van der Waals surface area contributed by atoms with E-state index in [0.29, 0.717) is 30.0 Å². The van der Waals surface area contributed by atoms with Crippen LogP contribution in [0.3, 0.4) is 0 Å². The highest BCUT2D eigenvalue weighted by atomic mass is 32.1. The van der Waals surface area contributed by atoms with Crippen molar-refractivity contribution in [3.8, 4) is 27.8 Å². The van der Waals surface area contributed by atoms with E-state index in [9.17, 15) is 4.79 Å². The molecule has 3 aromatic rings. The number of ether oxygens (including phenoxy) is 3. The number of aromatic nitrogens is 1. The molecule has 7 heteroatoms. The Balaban J connectivity index is 1.58. The summed E-state index contributed by atoms with van der Waals surface area (Å²) < 4.78 is 15.7. The number of nitrogens with zero attached hydrogens (tertiary/aromatic N) is 1. The van der Waals surface area contributed by atoms with Gasteiger partial charge in [0.2, 0.25) is 0 Å². The summed E-state index contributed by atoms with van der Waals surface area (Å²) in [4.78, 5) is 17.0. The third kappa shape index (κ3) is 4.61. The lowest BCUT2D eigenvalue weighted by Crippen LogP contribution is -2.25. The van der Waals surface area contributed by atoms with E-state index < -0.39 is 0 Å². The second-order valence-corrected chi connectivity index (χ2v) is 6.81. The molecule has 0 fully saturated rings. The van der Waals surface area contributed by atoms with E-state index in [0.717, 1.165) is 22.0 Å². The quantitative estimate of drug-likeness (QED) is 0.625. The number of hydrogen-bond donors (Lipinski definition) is 1. The highest BCUT2D eigenvalue weighted by molar-refractivity contribution is 7.13. The van der Waals surface area contributed by atoms with Gasteiger partial charge in [0.15, 0.2) is 11.5 Å². The topological polar surface area (TPSA) is 69.7 Å². The molecule has 1 N–H and O–H groups in total. The van der Waals surface area contributed by atoms with Crippen LogP contribution in [0.4, 0.5) is 0 Å². The fraction of sp³-hybridized carbons (Fsp3) is 0.238. The van der Waals surface area contributed by atoms with Crippen molar-refractivity contribution in [3.05, 3.63) is 59.1 Å². The zero-order valence-electron chi connectivity index (χ0n) is 16.0. The van der Waals surface area contributed by atoms with Gasteiger partial charge in [-0.15, -0.1) is 11.3 Å². The van der Waals surface area contributed by atoms with Gasteiger partial charge in [-0.05, 0) is 30.3 Å². The van der Waals surface area contributed by atoms with Crippen molar-refractivity contribution in [2.24, 2.45) is 0 Å². The third-order valence-electron chi connectivity index (χ3n) is 4.18. The zero-order valence-corrected chi connectivity index (χ0v) is 16.8. The Morgan fingerprint density at radius 1 is 1.04 bits per heavy atom. The van der Waals surface area contributed by atoms with Gasteiger partial charge >= 0.3 is 0 Å². The normalized spacial score (nSPS) is 10.4. The monoisotopic (exact) mass is 398 g/mol. The minimum Gasteiger partial charge on any atom is -0.497 e. The molecule has 0 spiro atoms. The smallest absolute Gasteiger partial charge is 0.251 e. The molecule has 0 unspecified atom stereocenters. The first-order valence-corrected chi connectivity index (χ1v) is 9.61. The van der Waals surface area contributed by atoms with Crippen molar-refractivity contribution < 1.29 is 19.0 Å². The number of hydrogen-bond acceptors (Lipinski definition) is 6. The van der Waals surface area contributed by atoms with Gasteiger partial charge < -0.3 is 19.5 Å². The van der Waals surface area contributed by atoms with Gasteiger partial charge in [-0.3, -0.25) is 4.79 Å². The Morgan fingerprint density at radius 2 is 1.86 bits per heavy atom. The lowest BCUT2D eigenvalue weighted by molar-refractivity contribution is 0.0953. The van der Waals surface area contributed by atoms with Crippen molar-refractivity contribution in [2.45, 2.75) is 6.42 Å². The highest BCUT2D eigenvalue weighted by Crippen LogP contribution is 2.28. The van der Waals surface area contributed by atoms with E-state index in [2.05, 4.69) is 10.3 Å². The van der Waals surface area contributed by atoms with E-state index in [1.165, 1.54) is 0 Å². The number of carbonyl (C=O) groups is 1. The highest BCUT2D eigenvalue weighted by Gasteiger charge is 2.11. The Kier molecular flexibility index (Phi) is 6.49. The molecule has 6 nitrogen and oxygen atoms in total. The van der Waals surface area contributed by atoms with E-state index in [4.69, 9.17) is 14.2 Å². The molecule has 0 atom stereocenters. The van der Waals surface area contributed by atoms with E-state index in [-0.39, 0.29) is 5.91 Å². The summed E-state index contributed by atoms with van der Waals surface area (Å²) in [6, 6.07) is 12.9. The summed E-state index contributed by atoms with van der Waals surface area (Å²) in [5, 5.41) is 5.85. The number of amides is 1. The summed E-state index contributed by atoms with van der Waals surface area (Å²) in [6.07, 6.45) is 0.652. The lowest BCUT2D eigenvalue weighted by Gasteiger charge is -2.09. The first-order chi connectivity index (χ1) is 13.6. The number of thiazole rings is 1. The van der Waals surface area contributed by atoms with Crippen LogP contribution in [0.15, 0.2) is 47.8 Å². The fourth-order valence-electron chi connectivity index (χ4n) is 2.69. The first-order valence-electron chi connectivity index (χ1n) is 8.73. The molecule has 2 aromatic carbocycles. The van der Waals surface area contributed by atoms with Gasteiger partial charge in [0.1, 0.15) is 10.8 Å². The molecule has 0 saturated heterocycles. The predicted octanol–water partition coefficient (Wildman–Crippen LogP) is 3.81. The predicted molar refractivity (Wildman–Crippen MR) is 110 cm³/mol. The SMILES string of the molecule is COc1cccc(-c2nc(CCNC(=O)c3ccc(OC)c(OC)c3)cs2)c1. The van der Waals surface area contributed by atoms with Gasteiger partial charge in [-0.2, -0.15) is 0 Å². The van der Waals surface area contributed by atoms with Crippen LogP contribution in [0.2, 0.25) is 0 Å². The minimum atomic E-state index is -0.163. The fourth-order valence-corrected chi connectivity index (χ4v) is 3.55. The van der Waals surface area contributed by atoms with Crippen LogP contribution in [0.1, 0.15) is 16.1 Å². The summed E-state index contributed by atoms with van der Waals surface area (Å²) >= 11 is 1.58. The van der Waals surface area contributed by atoms with Crippen molar-refractivity contribution >= 4 is 17.2 Å². The molecule has 1 amide bonds. The minimum absolute atomic E-state index is 0.163. The molecule has 0 saturated carbocycles. The van der Waals surface area contributed by atoms with Crippen LogP contribution in [-0.2, 0) is 6.42 Å². The Morgan fingerprint density at radius 3 is 2.61 bits per heavy atom. The van der Waals surface area contributed by atoms with E-state index in [1.807, 2.05) is 29.6 Å². The first kappa shape index (κ1) is 19.7. The molecule has 0 aliphatic carbocycles. The summed E-state index contributed by atoms with van der Waals surface area (Å²) in [5.74, 6) is 1.75. The number of carbonyl (C=O) groups excluding carboxylic acids is 1. The van der Waals surface area contributed by atoms with Crippen molar-refractivity contribution in [2.75, 3.05) is 27.9 Å². The van der Waals surface area contributed by atoms with Gasteiger partial charge in [-0.25, -0.2) is 4.98 Å². The lowest BCUT2D eigenvalue weighted by atomic mass is 10.2. The maximum absolute atomic E-state index is 12.4. The average Bonchev–Trinajstić information content (AvgIpc) is 3.22. The summed E-state index contributed by atoms with van der Waals surface area (Å²) in [6.45, 7) is 0.495. The van der Waals surface area contributed by atoms with Crippen molar-refractivity contribution in [1.82, 2.24) is 10.3 Å². The molecule has 28 heavy (non-hydrogen) atoms. The maximum Gasteiger partial charge on any atom is 0.251 e. The number of nitrogens with one attached hydrogen (secondary N) is 1.